The van der Waals surface area contributed by atoms with E-state index in [9.17, 15) is 10.5 Å². The van der Waals surface area contributed by atoms with E-state index in [1.807, 2.05) is 36.4 Å². The Morgan fingerprint density at radius 1 is 0.740 bits per heavy atom. The van der Waals surface area contributed by atoms with Gasteiger partial charge in [-0.3, -0.25) is 0 Å². The summed E-state index contributed by atoms with van der Waals surface area (Å²) >= 11 is -0.362. The van der Waals surface area contributed by atoms with Crippen molar-refractivity contribution >= 4 is 66.7 Å². The monoisotopic (exact) mass is 750 g/mol. The van der Waals surface area contributed by atoms with E-state index in [-0.39, 0.29) is 26.6 Å². The first-order valence-electron chi connectivity index (χ1n) is 16.7. The summed E-state index contributed by atoms with van der Waals surface area (Å²) in [4.78, 5) is 22.4. The van der Waals surface area contributed by atoms with Gasteiger partial charge in [0.05, 0.1) is 56.9 Å². The minimum absolute atomic E-state index is 0.0741. The smallest absolute Gasteiger partial charge is 0.104 e. The number of hydrogen-bond acceptors (Lipinski definition) is 6. The van der Waals surface area contributed by atoms with Crippen LogP contribution in [-0.2, 0) is 0 Å². The second kappa shape index (κ2) is 10.3. The van der Waals surface area contributed by atoms with Gasteiger partial charge in [0, 0.05) is 53.9 Å². The van der Waals surface area contributed by atoms with E-state index in [1.165, 1.54) is 25.7 Å². The molecule has 1 aliphatic heterocycles. The van der Waals surface area contributed by atoms with Crippen molar-refractivity contribution in [3.8, 4) is 45.8 Å². The first-order chi connectivity index (χ1) is 24.7. The number of rotatable bonds is 2. The molecule has 50 heavy (non-hydrogen) atoms. The molecule has 0 N–H and O–H groups in total. The maximum Gasteiger partial charge on any atom is 0.104 e. The van der Waals surface area contributed by atoms with Crippen molar-refractivity contribution in [3.63, 3.8) is 0 Å². The predicted molar refractivity (Wildman–Crippen MR) is 207 cm³/mol. The average Bonchev–Trinajstić information content (AvgIpc) is 3.66. The molecule has 0 spiro atoms. The number of nitriles is 2. The molecule has 11 rings (SSSR count). The number of halogens is 1. The van der Waals surface area contributed by atoms with Gasteiger partial charge in [0.15, 0.2) is 0 Å². The number of benzene rings is 4. The molecule has 0 bridgehead atoms. The second-order valence-corrected chi connectivity index (χ2v) is 15.6. The van der Waals surface area contributed by atoms with Crippen LogP contribution in [0, 0.1) is 22.7 Å². The minimum atomic E-state index is -0.362. The van der Waals surface area contributed by atoms with Crippen LogP contribution >= 0.6 is 20.7 Å². The number of aromatic nitrogens is 4. The lowest BCUT2D eigenvalue weighted by Gasteiger charge is -2.22. The van der Waals surface area contributed by atoms with Crippen LogP contribution in [0.25, 0.3) is 75.6 Å². The Bertz CT molecular complexity index is 2900. The van der Waals surface area contributed by atoms with Crippen molar-refractivity contribution in [3.05, 3.63) is 130 Å². The third-order valence-electron chi connectivity index (χ3n) is 10.6. The lowest BCUT2D eigenvalue weighted by molar-refractivity contribution is 0.858. The molecule has 0 radical (unpaired) electrons. The predicted octanol–water partition coefficient (Wildman–Crippen LogP) is 10.0. The summed E-state index contributed by atoms with van der Waals surface area (Å²) in [5.41, 5.74) is 17.1. The van der Waals surface area contributed by atoms with Gasteiger partial charge in [-0.25, -0.2) is 19.9 Å². The van der Waals surface area contributed by atoms with Gasteiger partial charge in [-0.15, -0.1) is 0 Å². The zero-order valence-corrected chi connectivity index (χ0v) is 28.7. The molecule has 232 valence electrons. The van der Waals surface area contributed by atoms with Crippen molar-refractivity contribution in [2.75, 3.05) is 0 Å². The first kappa shape index (κ1) is 28.0. The van der Waals surface area contributed by atoms with Gasteiger partial charge >= 0.3 is 0 Å². The zero-order chi connectivity index (χ0) is 33.1. The molecule has 0 amide bonds. The van der Waals surface area contributed by atoms with Gasteiger partial charge in [0.2, 0.25) is 0 Å². The molecular weight excluding hydrogens is 727 g/mol. The van der Waals surface area contributed by atoms with Gasteiger partial charge in [0.25, 0.3) is 0 Å². The van der Waals surface area contributed by atoms with Crippen LogP contribution in [-0.4, -0.2) is 23.9 Å². The maximum absolute atomic E-state index is 9.70. The van der Waals surface area contributed by atoms with Gasteiger partial charge in [-0.2, -0.15) is 10.5 Å². The Labute approximate surface area is 296 Å². The van der Waals surface area contributed by atoms with E-state index >= 15 is 0 Å². The molecule has 0 saturated carbocycles. The highest BCUT2D eigenvalue weighted by Crippen LogP contribution is 2.54. The van der Waals surface area contributed by atoms with Crippen molar-refractivity contribution in [2.24, 2.45) is 0 Å². The van der Waals surface area contributed by atoms with Crippen molar-refractivity contribution in [1.29, 1.82) is 10.5 Å². The van der Waals surface area contributed by atoms with Crippen LogP contribution in [0.5, 0.6) is 0 Å². The summed E-state index contributed by atoms with van der Waals surface area (Å²) < 4.78 is 3.72. The van der Waals surface area contributed by atoms with Gasteiger partial charge < -0.3 is 0 Å². The topological polar surface area (TPSA) is 99.1 Å². The molecule has 6 nitrogen and oxygen atoms in total. The number of fused-ring (bicyclic) bond motifs is 8. The summed E-state index contributed by atoms with van der Waals surface area (Å²) in [6, 6.07) is 25.1. The second-order valence-electron chi connectivity index (χ2n) is 13.2. The van der Waals surface area contributed by atoms with Gasteiger partial charge in [-0.05, 0) is 58.0 Å². The zero-order valence-electron chi connectivity index (χ0n) is 26.5. The number of nitrogens with zero attached hydrogens (tertiary/aromatic N) is 6. The Morgan fingerprint density at radius 2 is 1.46 bits per heavy atom. The average molecular weight is 751 g/mol. The Balaban J connectivity index is 1.31. The Kier molecular flexibility index (Phi) is 5.77. The third-order valence-corrected chi connectivity index (χ3v) is 13.0. The number of hydrogen-bond donors (Lipinski definition) is 0. The Morgan fingerprint density at radius 3 is 2.16 bits per heavy atom. The van der Waals surface area contributed by atoms with Crippen LogP contribution in [0.15, 0.2) is 108 Å². The van der Waals surface area contributed by atoms with E-state index < -0.39 is 0 Å². The highest BCUT2D eigenvalue weighted by atomic mass is 127. The molecule has 3 heterocycles. The first-order valence-corrected chi connectivity index (χ1v) is 19.0. The SMILES string of the molecule is N#CC1=CCC(c2c3nc4c(nc3c(-c3ccc(C#N)cc3)c3nc5c(nc23)-c2cccc3cccc-5c23)C2=CCCC3=CC=IC4=C32)C=C1. The lowest BCUT2D eigenvalue weighted by Crippen LogP contribution is -2.08. The van der Waals surface area contributed by atoms with Gasteiger partial charge in [-0.1, -0.05) is 93.6 Å². The standard InChI is InChI=1S/C43H23IN6/c45-20-22-10-14-26(15-11-22)33-39-40(48-37-29-8-2-5-24-4-1-7-28(31(24)29)36(37)47-39)34(27-16-12-23(21-46)13-17-27)42-41(33)49-38-30-9-3-6-25-18-19-44-35(32(25)30)43(38)50-42/h1-2,4-5,7-16,18-19,27H,3,6,17H2. The quantitative estimate of drug-likeness (QED) is 0.129. The Hall–Kier alpha value is -5.90. The maximum atomic E-state index is 9.70. The van der Waals surface area contributed by atoms with E-state index in [0.717, 1.165) is 90.9 Å². The summed E-state index contributed by atoms with van der Waals surface area (Å²) in [5, 5.41) is 21.7. The fourth-order valence-electron chi connectivity index (χ4n) is 8.33. The number of allylic oxidation sites excluding steroid dienone is 9. The van der Waals surface area contributed by atoms with E-state index in [1.54, 1.807) is 0 Å². The molecule has 0 saturated heterocycles. The normalized spacial score (nSPS) is 17.8. The fraction of sp³-hybridized carbons (Fsp3) is 0.0930. The molecule has 5 aliphatic rings. The highest BCUT2D eigenvalue weighted by Gasteiger charge is 2.36. The molecule has 1 atom stereocenters. The van der Waals surface area contributed by atoms with Crippen molar-refractivity contribution in [2.45, 2.75) is 25.2 Å². The summed E-state index contributed by atoms with van der Waals surface area (Å²) in [6.45, 7) is 0. The summed E-state index contributed by atoms with van der Waals surface area (Å²) in [7, 11) is 0. The largest absolute Gasteiger partial charge is 0.243 e. The van der Waals surface area contributed by atoms with E-state index in [2.05, 4.69) is 70.8 Å². The van der Waals surface area contributed by atoms with Crippen LogP contribution in [0.3, 0.4) is 0 Å². The van der Waals surface area contributed by atoms with Gasteiger partial charge in [0.1, 0.15) is 5.69 Å². The fourth-order valence-corrected chi connectivity index (χ4v) is 10.9. The lowest BCUT2D eigenvalue weighted by atomic mass is 9.86. The summed E-state index contributed by atoms with van der Waals surface area (Å²) in [5.74, 6) is -0.0741. The molecule has 4 aliphatic carbocycles. The molecule has 0 fully saturated rings. The van der Waals surface area contributed by atoms with Crippen LogP contribution in [0.2, 0.25) is 0 Å². The summed E-state index contributed by atoms with van der Waals surface area (Å²) in [6.07, 6.45) is 13.4. The molecule has 1 unspecified atom stereocenters. The molecule has 6 aromatic rings. The van der Waals surface area contributed by atoms with E-state index in [4.69, 9.17) is 19.9 Å². The molecular formula is C43H23IN6. The van der Waals surface area contributed by atoms with E-state index in [0.29, 0.717) is 17.6 Å². The molecule has 2 aromatic heterocycles. The highest BCUT2D eigenvalue weighted by molar-refractivity contribution is 14.2. The third kappa shape index (κ3) is 3.73. The van der Waals surface area contributed by atoms with Crippen molar-refractivity contribution in [1.82, 2.24) is 19.9 Å². The van der Waals surface area contributed by atoms with Crippen LogP contribution in [0.1, 0.15) is 47.7 Å². The molecule has 4 aromatic carbocycles. The minimum Gasteiger partial charge on any atom is -0.243 e. The van der Waals surface area contributed by atoms with Crippen LogP contribution < -0.4 is 0 Å². The van der Waals surface area contributed by atoms with Crippen LogP contribution in [0.4, 0.5) is 0 Å². The molecule has 7 heteroatoms. The van der Waals surface area contributed by atoms with Crippen molar-refractivity contribution < 1.29 is 0 Å².